The van der Waals surface area contributed by atoms with Crippen LogP contribution in [0.4, 0.5) is 11.4 Å². The van der Waals surface area contributed by atoms with Gasteiger partial charge in [-0.1, -0.05) is 48.0 Å². The Balaban J connectivity index is 1.38. The number of tetrazole rings is 1. The maximum absolute atomic E-state index is 13.1. The summed E-state index contributed by atoms with van der Waals surface area (Å²) in [5, 5.41) is 21.0. The topological polar surface area (TPSA) is 128 Å². The lowest BCUT2D eigenvalue weighted by Gasteiger charge is -2.09. The average molecular weight is 486 g/mol. The second kappa shape index (κ2) is 9.40. The van der Waals surface area contributed by atoms with Gasteiger partial charge in [-0.25, -0.2) is 0 Å². The van der Waals surface area contributed by atoms with Crippen molar-refractivity contribution in [3.8, 4) is 11.4 Å². The predicted molar refractivity (Wildman–Crippen MR) is 134 cm³/mol. The van der Waals surface area contributed by atoms with Gasteiger partial charge in [0.05, 0.1) is 23.3 Å². The maximum Gasteiger partial charge on any atom is 0.272 e. The number of halogens is 1. The van der Waals surface area contributed by atoms with Crippen molar-refractivity contribution >= 4 is 45.7 Å². The van der Waals surface area contributed by atoms with Crippen molar-refractivity contribution in [1.82, 2.24) is 25.6 Å². The molecule has 2 amide bonds. The third kappa shape index (κ3) is 4.75. The molecule has 0 radical (unpaired) electrons. The number of aryl methyl sites for hydroxylation is 1. The van der Waals surface area contributed by atoms with Gasteiger partial charge in [-0.05, 0) is 53.6 Å². The van der Waals surface area contributed by atoms with Gasteiger partial charge in [0.2, 0.25) is 11.7 Å². The molecule has 2 aromatic heterocycles. The lowest BCUT2D eigenvalue weighted by atomic mass is 10.1. The van der Waals surface area contributed by atoms with Crippen molar-refractivity contribution < 1.29 is 9.59 Å². The van der Waals surface area contributed by atoms with Crippen LogP contribution in [0, 0.1) is 6.92 Å². The summed E-state index contributed by atoms with van der Waals surface area (Å²) in [7, 11) is 0. The van der Waals surface area contributed by atoms with Crippen molar-refractivity contribution in [2.24, 2.45) is 0 Å². The third-order valence-electron chi connectivity index (χ3n) is 5.60. The Morgan fingerprint density at radius 1 is 0.971 bits per heavy atom. The van der Waals surface area contributed by atoms with Crippen molar-refractivity contribution in [3.05, 3.63) is 88.6 Å². The SMILES string of the molecule is Cc1ccccc1CC(=O)Nc1cccc2cc(C(=O)Nc3ccc(Cl)cc3-c3nn[nH]n3)[nH]c12. The molecule has 0 aliphatic rings. The highest BCUT2D eigenvalue weighted by molar-refractivity contribution is 6.31. The van der Waals surface area contributed by atoms with Gasteiger partial charge in [-0.15, -0.1) is 10.2 Å². The molecule has 35 heavy (non-hydrogen) atoms. The minimum atomic E-state index is -0.370. The molecular formula is C25H20ClN7O2. The smallest absolute Gasteiger partial charge is 0.272 e. The molecule has 0 saturated carbocycles. The minimum absolute atomic E-state index is 0.140. The molecule has 174 valence electrons. The maximum atomic E-state index is 13.1. The summed E-state index contributed by atoms with van der Waals surface area (Å²) in [6, 6.07) is 20.0. The van der Waals surface area contributed by atoms with Gasteiger partial charge in [0.15, 0.2) is 0 Å². The van der Waals surface area contributed by atoms with Crippen molar-refractivity contribution in [3.63, 3.8) is 0 Å². The number of hydrogen-bond donors (Lipinski definition) is 4. The molecule has 0 bridgehead atoms. The molecule has 0 fully saturated rings. The molecule has 2 heterocycles. The van der Waals surface area contributed by atoms with Crippen LogP contribution in [0.15, 0.2) is 66.7 Å². The quantitative estimate of drug-likeness (QED) is 0.276. The van der Waals surface area contributed by atoms with E-state index >= 15 is 0 Å². The molecule has 10 heteroatoms. The van der Waals surface area contributed by atoms with Crippen LogP contribution in [0.25, 0.3) is 22.3 Å². The number of amides is 2. The Kier molecular flexibility index (Phi) is 5.99. The fourth-order valence-electron chi connectivity index (χ4n) is 3.83. The number of benzene rings is 3. The normalized spacial score (nSPS) is 10.9. The number of nitrogens with one attached hydrogen (secondary N) is 4. The summed E-state index contributed by atoms with van der Waals surface area (Å²) in [6.45, 7) is 1.98. The van der Waals surface area contributed by atoms with Crippen molar-refractivity contribution in [2.75, 3.05) is 10.6 Å². The van der Waals surface area contributed by atoms with E-state index in [1.165, 1.54) is 0 Å². The number of hydrogen-bond acceptors (Lipinski definition) is 5. The Hall–Kier alpha value is -4.50. The van der Waals surface area contributed by atoms with E-state index in [0.717, 1.165) is 16.5 Å². The predicted octanol–water partition coefficient (Wildman–Crippen LogP) is 4.74. The molecule has 0 spiro atoms. The molecule has 3 aromatic carbocycles. The van der Waals surface area contributed by atoms with Crippen molar-refractivity contribution in [1.29, 1.82) is 0 Å². The van der Waals surface area contributed by atoms with E-state index in [1.807, 2.05) is 43.3 Å². The number of anilines is 2. The molecule has 4 N–H and O–H groups in total. The van der Waals surface area contributed by atoms with Crippen LogP contribution in [0.5, 0.6) is 0 Å². The minimum Gasteiger partial charge on any atom is -0.349 e. The fourth-order valence-corrected chi connectivity index (χ4v) is 4.01. The molecule has 0 atom stereocenters. The van der Waals surface area contributed by atoms with Crippen LogP contribution in [0.1, 0.15) is 21.6 Å². The summed E-state index contributed by atoms with van der Waals surface area (Å²) in [4.78, 5) is 28.9. The fraction of sp³-hybridized carbons (Fsp3) is 0.0800. The van der Waals surface area contributed by atoms with Crippen LogP contribution in [0.3, 0.4) is 0 Å². The summed E-state index contributed by atoms with van der Waals surface area (Å²) >= 11 is 6.12. The average Bonchev–Trinajstić information content (AvgIpc) is 3.52. The zero-order chi connectivity index (χ0) is 24.4. The van der Waals surface area contributed by atoms with E-state index in [1.54, 1.807) is 30.3 Å². The number of H-pyrrole nitrogens is 2. The van der Waals surface area contributed by atoms with Gasteiger partial charge in [0.1, 0.15) is 5.69 Å². The molecule has 0 saturated heterocycles. The van der Waals surface area contributed by atoms with Crippen LogP contribution in [-0.2, 0) is 11.2 Å². The zero-order valence-electron chi connectivity index (χ0n) is 18.6. The van der Waals surface area contributed by atoms with E-state index in [-0.39, 0.29) is 18.2 Å². The van der Waals surface area contributed by atoms with Gasteiger partial charge in [-0.3, -0.25) is 9.59 Å². The first-order valence-corrected chi connectivity index (χ1v) is 11.2. The molecule has 0 aliphatic heterocycles. The molecular weight excluding hydrogens is 466 g/mol. The number of aromatic nitrogens is 5. The van der Waals surface area contributed by atoms with Crippen molar-refractivity contribution in [2.45, 2.75) is 13.3 Å². The highest BCUT2D eigenvalue weighted by atomic mass is 35.5. The lowest BCUT2D eigenvalue weighted by Crippen LogP contribution is -2.15. The first-order chi connectivity index (χ1) is 17.0. The lowest BCUT2D eigenvalue weighted by molar-refractivity contribution is -0.115. The largest absolute Gasteiger partial charge is 0.349 e. The van der Waals surface area contributed by atoms with Crippen LogP contribution >= 0.6 is 11.6 Å². The van der Waals surface area contributed by atoms with Gasteiger partial charge < -0.3 is 15.6 Å². The van der Waals surface area contributed by atoms with Gasteiger partial charge >= 0.3 is 0 Å². The van der Waals surface area contributed by atoms with Crippen LogP contribution in [-0.4, -0.2) is 37.4 Å². The number of rotatable bonds is 6. The Labute approximate surface area is 204 Å². The van der Waals surface area contributed by atoms with E-state index in [0.29, 0.717) is 39.0 Å². The Morgan fingerprint density at radius 2 is 1.83 bits per heavy atom. The number of nitrogens with zero attached hydrogens (tertiary/aromatic N) is 3. The Bertz CT molecular complexity index is 1540. The molecule has 0 aliphatic carbocycles. The van der Waals surface area contributed by atoms with E-state index < -0.39 is 0 Å². The molecule has 0 unspecified atom stereocenters. The summed E-state index contributed by atoms with van der Waals surface area (Å²) in [5.74, 6) is -0.207. The highest BCUT2D eigenvalue weighted by Crippen LogP contribution is 2.29. The summed E-state index contributed by atoms with van der Waals surface area (Å²) in [5.41, 5.74) is 4.61. The molecule has 5 aromatic rings. The first-order valence-electron chi connectivity index (χ1n) is 10.8. The number of fused-ring (bicyclic) bond motifs is 1. The summed E-state index contributed by atoms with van der Waals surface area (Å²) < 4.78 is 0. The van der Waals surface area contributed by atoms with Gasteiger partial charge in [0.25, 0.3) is 5.91 Å². The number of carbonyl (C=O) groups excluding carboxylic acids is 2. The van der Waals surface area contributed by atoms with E-state index in [4.69, 9.17) is 11.6 Å². The van der Waals surface area contributed by atoms with E-state index in [9.17, 15) is 9.59 Å². The Morgan fingerprint density at radius 3 is 2.63 bits per heavy atom. The highest BCUT2D eigenvalue weighted by Gasteiger charge is 2.17. The summed E-state index contributed by atoms with van der Waals surface area (Å²) in [6.07, 6.45) is 0.256. The number of para-hydroxylation sites is 1. The standard InChI is InChI=1S/C25H20ClN7O2/c1-14-5-2-3-6-15(14)12-22(34)27-20-8-4-7-16-11-21(28-23(16)20)25(35)29-19-10-9-17(26)13-18(19)24-30-32-33-31-24/h2-11,13,28H,12H2,1H3,(H,27,34)(H,29,35)(H,30,31,32,33). The van der Waals surface area contributed by atoms with Gasteiger partial charge in [-0.2, -0.15) is 5.21 Å². The van der Waals surface area contributed by atoms with Crippen LogP contribution in [0.2, 0.25) is 5.02 Å². The molecule has 9 nitrogen and oxygen atoms in total. The second-order valence-corrected chi connectivity index (χ2v) is 8.42. The van der Waals surface area contributed by atoms with Gasteiger partial charge in [0, 0.05) is 16.0 Å². The zero-order valence-corrected chi connectivity index (χ0v) is 19.3. The first kappa shape index (κ1) is 22.3. The number of carbonyl (C=O) groups is 2. The second-order valence-electron chi connectivity index (χ2n) is 7.98. The van der Waals surface area contributed by atoms with Crippen LogP contribution < -0.4 is 10.6 Å². The number of aromatic amines is 2. The molecule has 5 rings (SSSR count). The monoisotopic (exact) mass is 485 g/mol. The third-order valence-corrected chi connectivity index (χ3v) is 5.84. The van der Waals surface area contributed by atoms with E-state index in [2.05, 4.69) is 36.2 Å².